The van der Waals surface area contributed by atoms with Gasteiger partial charge in [-0.15, -0.1) is 0 Å². The van der Waals surface area contributed by atoms with Gasteiger partial charge in [0.15, 0.2) is 0 Å². The molecule has 0 aliphatic carbocycles. The molecule has 1 aliphatic rings. The molecule has 0 unspecified atom stereocenters. The molecule has 0 spiro atoms. The lowest BCUT2D eigenvalue weighted by Gasteiger charge is -2.29. The van der Waals surface area contributed by atoms with Crippen LogP contribution in [-0.4, -0.2) is 10.7 Å². The van der Waals surface area contributed by atoms with E-state index >= 15 is 0 Å². The zero-order valence-corrected chi connectivity index (χ0v) is 22.0. The van der Waals surface area contributed by atoms with E-state index in [1.54, 1.807) is 0 Å². The van der Waals surface area contributed by atoms with Crippen LogP contribution in [0.2, 0.25) is 0 Å². The summed E-state index contributed by atoms with van der Waals surface area (Å²) in [4.78, 5) is 0. The molecule has 2 rings (SSSR count). The Morgan fingerprint density at radius 2 is 1.32 bits per heavy atom. The molecule has 1 aromatic carbocycles. The first kappa shape index (κ1) is 26.1. The van der Waals surface area contributed by atoms with Crippen molar-refractivity contribution in [2.45, 2.75) is 132 Å². The third kappa shape index (κ3) is 6.42. The molecule has 4 atom stereocenters. The number of aromatic hydroxyl groups is 1. The highest BCUT2D eigenvalue weighted by atomic mass is 16.5. The third-order valence-corrected chi connectivity index (χ3v) is 8.19. The number of hydrogen-bond acceptors (Lipinski definition) is 2. The zero-order valence-electron chi connectivity index (χ0n) is 22.0. The third-order valence-electron chi connectivity index (χ3n) is 8.19. The summed E-state index contributed by atoms with van der Waals surface area (Å²) in [5, 5.41) is 10.5. The molecule has 31 heavy (non-hydrogen) atoms. The highest BCUT2D eigenvalue weighted by Crippen LogP contribution is 2.52. The molecule has 1 heterocycles. The van der Waals surface area contributed by atoms with E-state index in [2.05, 4.69) is 48.5 Å². The van der Waals surface area contributed by atoms with Crippen LogP contribution in [0, 0.1) is 38.5 Å². The Balaban J connectivity index is 1.78. The number of rotatable bonds is 12. The van der Waals surface area contributed by atoms with Gasteiger partial charge in [0.25, 0.3) is 0 Å². The van der Waals surface area contributed by atoms with Crippen LogP contribution in [0.4, 0.5) is 0 Å². The van der Waals surface area contributed by atoms with E-state index in [4.69, 9.17) is 4.74 Å². The second-order valence-corrected chi connectivity index (χ2v) is 11.5. The Hall–Kier alpha value is -1.18. The maximum absolute atomic E-state index is 10.5. The normalized spacial score (nSPS) is 22.5. The van der Waals surface area contributed by atoms with Crippen molar-refractivity contribution in [3.05, 3.63) is 22.3 Å². The molecule has 2 heteroatoms. The molecule has 1 aliphatic heterocycles. The second-order valence-electron chi connectivity index (χ2n) is 11.5. The second kappa shape index (κ2) is 11.1. The number of fused-ring (bicyclic) bond motifs is 1. The van der Waals surface area contributed by atoms with E-state index in [9.17, 15) is 5.11 Å². The monoisotopic (exact) mass is 430 g/mol. The molecule has 0 saturated heterocycles. The molecule has 0 aromatic heterocycles. The summed E-state index contributed by atoms with van der Waals surface area (Å²) in [6, 6.07) is 0. The number of benzene rings is 1. The van der Waals surface area contributed by atoms with E-state index in [1.807, 2.05) is 13.8 Å². The fraction of sp³-hybridized carbons (Fsp3) is 0.793. The highest BCUT2D eigenvalue weighted by Gasteiger charge is 2.44. The van der Waals surface area contributed by atoms with Gasteiger partial charge >= 0.3 is 0 Å². The molecule has 0 fully saturated rings. The van der Waals surface area contributed by atoms with Crippen LogP contribution in [0.5, 0.6) is 11.5 Å². The summed E-state index contributed by atoms with van der Waals surface area (Å²) in [6.07, 6.45) is 11.9. The van der Waals surface area contributed by atoms with Gasteiger partial charge in [0.05, 0.1) is 0 Å². The molecule has 1 aromatic rings. The lowest BCUT2D eigenvalue weighted by Crippen LogP contribution is -2.33. The Kier molecular flexibility index (Phi) is 9.34. The van der Waals surface area contributed by atoms with Crippen LogP contribution in [0.25, 0.3) is 0 Å². The van der Waals surface area contributed by atoms with Gasteiger partial charge in [0.2, 0.25) is 0 Å². The number of hydrogen-bond donors (Lipinski definition) is 1. The summed E-state index contributed by atoms with van der Waals surface area (Å²) in [6.45, 7) is 20.2. The minimum absolute atomic E-state index is 0.164. The lowest BCUT2D eigenvalue weighted by atomic mass is 9.80. The molecule has 0 amide bonds. The first-order valence-electron chi connectivity index (χ1n) is 13.0. The summed E-state index contributed by atoms with van der Waals surface area (Å²) in [5.41, 5.74) is 4.13. The van der Waals surface area contributed by atoms with Crippen molar-refractivity contribution in [1.82, 2.24) is 0 Å². The SMILES string of the molecule is Cc1c(C)c2c(c(C)c1O)[C@H](C)[C@](C)(CCC[C@H](C)CCC[C@@H](C)CCCC(C)C)O2. The van der Waals surface area contributed by atoms with Crippen LogP contribution >= 0.6 is 0 Å². The van der Waals surface area contributed by atoms with Gasteiger partial charge in [-0.25, -0.2) is 0 Å². The van der Waals surface area contributed by atoms with Gasteiger partial charge in [-0.05, 0) is 75.0 Å². The topological polar surface area (TPSA) is 29.5 Å². The van der Waals surface area contributed by atoms with E-state index < -0.39 is 0 Å². The van der Waals surface area contributed by atoms with Gasteiger partial charge in [-0.3, -0.25) is 0 Å². The molecule has 0 radical (unpaired) electrons. The Labute approximate surface area is 193 Å². The fourth-order valence-corrected chi connectivity index (χ4v) is 5.46. The molecule has 2 nitrogen and oxygen atoms in total. The first-order valence-corrected chi connectivity index (χ1v) is 13.0. The smallest absolute Gasteiger partial charge is 0.127 e. The molecule has 1 N–H and O–H groups in total. The van der Waals surface area contributed by atoms with Crippen LogP contribution in [0.15, 0.2) is 0 Å². The minimum Gasteiger partial charge on any atom is -0.507 e. The lowest BCUT2D eigenvalue weighted by molar-refractivity contribution is 0.0786. The predicted octanol–water partition coefficient (Wildman–Crippen LogP) is 9.01. The Morgan fingerprint density at radius 3 is 1.87 bits per heavy atom. The molecular formula is C29H50O2. The van der Waals surface area contributed by atoms with Gasteiger partial charge < -0.3 is 9.84 Å². The van der Waals surface area contributed by atoms with Gasteiger partial charge in [0, 0.05) is 11.5 Å². The van der Waals surface area contributed by atoms with Crippen molar-refractivity contribution >= 4 is 0 Å². The van der Waals surface area contributed by atoms with Crippen LogP contribution in [0.3, 0.4) is 0 Å². The molecule has 0 bridgehead atoms. The van der Waals surface area contributed by atoms with Crippen LogP contribution < -0.4 is 4.74 Å². The number of phenolic OH excluding ortho intramolecular Hbond substituents is 1. The summed E-state index contributed by atoms with van der Waals surface area (Å²) < 4.78 is 6.59. The predicted molar refractivity (Wildman–Crippen MR) is 134 cm³/mol. The van der Waals surface area contributed by atoms with Crippen LogP contribution in [0.1, 0.15) is 128 Å². The standard InChI is InChI=1S/C29H50O2/c1-19(2)13-10-14-20(3)15-11-16-21(4)17-12-18-29(9)25(8)26-24(7)27(30)22(5)23(6)28(26)31-29/h19-21,25,30H,10-18H2,1-9H3/t20-,21+,25-,29-/m0/s1. The van der Waals surface area contributed by atoms with Crippen molar-refractivity contribution < 1.29 is 9.84 Å². The zero-order chi connectivity index (χ0) is 23.3. The molecular weight excluding hydrogens is 380 g/mol. The number of phenols is 1. The van der Waals surface area contributed by atoms with Crippen molar-refractivity contribution in [2.24, 2.45) is 17.8 Å². The maximum Gasteiger partial charge on any atom is 0.127 e. The maximum atomic E-state index is 10.5. The van der Waals surface area contributed by atoms with Gasteiger partial charge in [0.1, 0.15) is 17.1 Å². The Morgan fingerprint density at radius 1 is 0.806 bits per heavy atom. The van der Waals surface area contributed by atoms with Crippen molar-refractivity contribution in [1.29, 1.82) is 0 Å². The average molecular weight is 431 g/mol. The first-order chi connectivity index (χ1) is 14.5. The highest BCUT2D eigenvalue weighted by molar-refractivity contribution is 5.61. The van der Waals surface area contributed by atoms with E-state index in [0.29, 0.717) is 11.7 Å². The van der Waals surface area contributed by atoms with E-state index in [-0.39, 0.29) is 5.60 Å². The molecule has 0 saturated carbocycles. The fourth-order valence-electron chi connectivity index (χ4n) is 5.46. The average Bonchev–Trinajstić information content (AvgIpc) is 2.96. The van der Waals surface area contributed by atoms with Gasteiger partial charge in [-0.1, -0.05) is 79.6 Å². The van der Waals surface area contributed by atoms with E-state index in [1.165, 1.54) is 56.9 Å². The van der Waals surface area contributed by atoms with Crippen molar-refractivity contribution in [2.75, 3.05) is 0 Å². The van der Waals surface area contributed by atoms with Crippen molar-refractivity contribution in [3.8, 4) is 11.5 Å². The molecule has 178 valence electrons. The summed E-state index contributed by atoms with van der Waals surface area (Å²) >= 11 is 0. The van der Waals surface area contributed by atoms with Gasteiger partial charge in [-0.2, -0.15) is 0 Å². The van der Waals surface area contributed by atoms with Crippen LogP contribution in [-0.2, 0) is 0 Å². The van der Waals surface area contributed by atoms with Crippen molar-refractivity contribution in [3.63, 3.8) is 0 Å². The number of ether oxygens (including phenoxy) is 1. The Bertz CT molecular complexity index is 720. The van der Waals surface area contributed by atoms with E-state index in [0.717, 1.165) is 46.6 Å². The quantitative estimate of drug-likeness (QED) is 0.358. The minimum atomic E-state index is -0.164. The summed E-state index contributed by atoms with van der Waals surface area (Å²) in [7, 11) is 0. The summed E-state index contributed by atoms with van der Waals surface area (Å²) in [5.74, 6) is 4.30. The largest absolute Gasteiger partial charge is 0.507 e.